The van der Waals surface area contributed by atoms with Crippen LogP contribution in [0.3, 0.4) is 0 Å². The molecule has 0 aliphatic heterocycles. The number of carbonyl (C=O) groups is 2. The van der Waals surface area contributed by atoms with Gasteiger partial charge in [-0.3, -0.25) is 9.59 Å². The quantitative estimate of drug-likeness (QED) is 0.755. The molecule has 1 atom stereocenters. The number of hydrogen-bond acceptors (Lipinski definition) is 4. The summed E-state index contributed by atoms with van der Waals surface area (Å²) in [6.07, 6.45) is 0. The third-order valence-electron chi connectivity index (χ3n) is 2.39. The number of anilines is 1. The molecule has 0 fully saturated rings. The first kappa shape index (κ1) is 18.7. The Bertz CT molecular complexity index is 483. The molecule has 1 aromatic rings. The molecule has 112 valence electrons. The van der Waals surface area contributed by atoms with E-state index in [2.05, 4.69) is 10.6 Å². The molecule has 0 bridgehead atoms. The van der Waals surface area contributed by atoms with Gasteiger partial charge in [0, 0.05) is 19.2 Å². The number of nitrogens with two attached hydrogens (primary N) is 1. The highest BCUT2D eigenvalue weighted by molar-refractivity contribution is 6.31. The second-order valence-corrected chi connectivity index (χ2v) is 4.26. The number of nitrogens with one attached hydrogen (secondary N) is 2. The number of benzene rings is 1. The second kappa shape index (κ2) is 8.76. The molecule has 0 saturated heterocycles. The minimum absolute atomic E-state index is 0. The van der Waals surface area contributed by atoms with Gasteiger partial charge in [0.25, 0.3) is 5.91 Å². The van der Waals surface area contributed by atoms with Crippen molar-refractivity contribution in [3.63, 3.8) is 0 Å². The van der Waals surface area contributed by atoms with Crippen LogP contribution in [0.15, 0.2) is 18.2 Å². The summed E-state index contributed by atoms with van der Waals surface area (Å²) in [6.45, 7) is 0.0920. The standard InChI is InChI=1S/C12H16ClN3O3.ClH/c1-15-11(17)8-5-7(13)3-4-10(8)16-12(18)9(14)6-19-2;/h3-5,9H,6,14H2,1-2H3,(H,15,17)(H,16,18);1H. The van der Waals surface area contributed by atoms with E-state index in [1.165, 1.54) is 20.2 Å². The smallest absolute Gasteiger partial charge is 0.253 e. The number of ether oxygens (including phenoxy) is 1. The molecule has 0 saturated carbocycles. The van der Waals surface area contributed by atoms with E-state index in [0.717, 1.165) is 0 Å². The van der Waals surface area contributed by atoms with Crippen LogP contribution < -0.4 is 16.4 Å². The molecular weight excluding hydrogens is 305 g/mol. The van der Waals surface area contributed by atoms with Crippen molar-refractivity contribution in [3.8, 4) is 0 Å². The summed E-state index contributed by atoms with van der Waals surface area (Å²) in [5, 5.41) is 5.45. The van der Waals surface area contributed by atoms with Gasteiger partial charge >= 0.3 is 0 Å². The highest BCUT2D eigenvalue weighted by atomic mass is 35.5. The van der Waals surface area contributed by atoms with Crippen molar-refractivity contribution in [2.75, 3.05) is 26.1 Å². The minimum Gasteiger partial charge on any atom is -0.383 e. The van der Waals surface area contributed by atoms with Crippen molar-refractivity contribution in [1.82, 2.24) is 5.32 Å². The highest BCUT2D eigenvalue weighted by Gasteiger charge is 2.17. The first-order valence-corrected chi connectivity index (χ1v) is 5.94. The van der Waals surface area contributed by atoms with Gasteiger partial charge in [-0.1, -0.05) is 11.6 Å². The fourth-order valence-electron chi connectivity index (χ4n) is 1.43. The van der Waals surface area contributed by atoms with Gasteiger partial charge < -0.3 is 21.1 Å². The predicted octanol–water partition coefficient (Wildman–Crippen LogP) is 1.03. The Morgan fingerprint density at radius 3 is 2.65 bits per heavy atom. The molecule has 1 rings (SSSR count). The zero-order valence-electron chi connectivity index (χ0n) is 11.1. The van der Waals surface area contributed by atoms with Gasteiger partial charge in [0.05, 0.1) is 17.9 Å². The Kier molecular flexibility index (Phi) is 8.17. The lowest BCUT2D eigenvalue weighted by Gasteiger charge is -2.14. The molecule has 2 amide bonds. The van der Waals surface area contributed by atoms with Gasteiger partial charge in [0.2, 0.25) is 5.91 Å². The summed E-state index contributed by atoms with van der Waals surface area (Å²) >= 11 is 5.83. The van der Waals surface area contributed by atoms with Crippen LogP contribution in [0.5, 0.6) is 0 Å². The zero-order valence-corrected chi connectivity index (χ0v) is 12.7. The van der Waals surface area contributed by atoms with E-state index in [4.69, 9.17) is 22.1 Å². The lowest BCUT2D eigenvalue weighted by Crippen LogP contribution is -2.39. The highest BCUT2D eigenvalue weighted by Crippen LogP contribution is 2.20. The Hall–Kier alpha value is -1.34. The maximum absolute atomic E-state index is 11.8. The number of carbonyl (C=O) groups excluding carboxylic acids is 2. The summed E-state index contributed by atoms with van der Waals surface area (Å²) in [5.74, 6) is -0.785. The maximum Gasteiger partial charge on any atom is 0.253 e. The Labute approximate surface area is 128 Å². The molecule has 0 spiro atoms. The van der Waals surface area contributed by atoms with Gasteiger partial charge in [0.1, 0.15) is 6.04 Å². The van der Waals surface area contributed by atoms with E-state index >= 15 is 0 Å². The fourth-order valence-corrected chi connectivity index (χ4v) is 1.60. The lowest BCUT2D eigenvalue weighted by molar-refractivity contribution is -0.118. The van der Waals surface area contributed by atoms with Crippen LogP contribution in [-0.4, -0.2) is 38.6 Å². The van der Waals surface area contributed by atoms with Gasteiger partial charge in [-0.05, 0) is 18.2 Å². The van der Waals surface area contributed by atoms with Crippen LogP contribution in [0.4, 0.5) is 5.69 Å². The SMILES string of the molecule is CNC(=O)c1cc(Cl)ccc1NC(=O)C(N)COC.Cl. The summed E-state index contributed by atoms with van der Waals surface area (Å²) in [7, 11) is 2.94. The van der Waals surface area contributed by atoms with Gasteiger partial charge in [0.15, 0.2) is 0 Å². The van der Waals surface area contributed by atoms with E-state index in [1.807, 2.05) is 0 Å². The van der Waals surface area contributed by atoms with Crippen molar-refractivity contribution >= 4 is 41.5 Å². The number of halogens is 2. The lowest BCUT2D eigenvalue weighted by atomic mass is 10.1. The third-order valence-corrected chi connectivity index (χ3v) is 2.63. The van der Waals surface area contributed by atoms with Crippen molar-refractivity contribution in [3.05, 3.63) is 28.8 Å². The summed E-state index contributed by atoms with van der Waals surface area (Å²) < 4.78 is 4.79. The summed E-state index contributed by atoms with van der Waals surface area (Å²) in [4.78, 5) is 23.5. The van der Waals surface area contributed by atoms with Crippen LogP contribution in [0.25, 0.3) is 0 Å². The monoisotopic (exact) mass is 321 g/mol. The Balaban J connectivity index is 0.00000361. The first-order valence-electron chi connectivity index (χ1n) is 5.56. The number of hydrogen-bond donors (Lipinski definition) is 3. The fraction of sp³-hybridized carbons (Fsp3) is 0.333. The molecule has 0 aromatic heterocycles. The zero-order chi connectivity index (χ0) is 14.4. The van der Waals surface area contributed by atoms with Crippen molar-refractivity contribution in [1.29, 1.82) is 0 Å². The summed E-state index contributed by atoms with van der Waals surface area (Å²) in [6, 6.07) is 3.78. The molecule has 8 heteroatoms. The van der Waals surface area contributed by atoms with Crippen LogP contribution in [0.1, 0.15) is 10.4 Å². The first-order chi connectivity index (χ1) is 8.99. The maximum atomic E-state index is 11.8. The van der Waals surface area contributed by atoms with Crippen LogP contribution in [0, 0.1) is 0 Å². The van der Waals surface area contributed by atoms with E-state index in [1.54, 1.807) is 12.1 Å². The number of rotatable bonds is 5. The topological polar surface area (TPSA) is 93.5 Å². The van der Waals surface area contributed by atoms with Crippen molar-refractivity contribution in [2.45, 2.75) is 6.04 Å². The average Bonchev–Trinajstić information content (AvgIpc) is 2.40. The Morgan fingerprint density at radius 2 is 2.10 bits per heavy atom. The normalized spacial score (nSPS) is 11.2. The van der Waals surface area contributed by atoms with Crippen molar-refractivity contribution < 1.29 is 14.3 Å². The van der Waals surface area contributed by atoms with E-state index in [9.17, 15) is 9.59 Å². The second-order valence-electron chi connectivity index (χ2n) is 3.82. The molecule has 0 aliphatic carbocycles. The van der Waals surface area contributed by atoms with E-state index < -0.39 is 11.9 Å². The predicted molar refractivity (Wildman–Crippen MR) is 80.6 cm³/mol. The Morgan fingerprint density at radius 1 is 1.45 bits per heavy atom. The molecule has 1 aromatic carbocycles. The van der Waals surface area contributed by atoms with Crippen LogP contribution in [-0.2, 0) is 9.53 Å². The van der Waals surface area contributed by atoms with Gasteiger partial charge in [-0.25, -0.2) is 0 Å². The van der Waals surface area contributed by atoms with Gasteiger partial charge in [-0.2, -0.15) is 0 Å². The molecule has 1 unspecified atom stereocenters. The van der Waals surface area contributed by atoms with Crippen molar-refractivity contribution in [2.24, 2.45) is 5.73 Å². The molecule has 0 radical (unpaired) electrons. The number of amides is 2. The van der Waals surface area contributed by atoms with E-state index in [0.29, 0.717) is 10.7 Å². The summed E-state index contributed by atoms with van der Waals surface area (Å²) in [5.41, 5.74) is 6.22. The minimum atomic E-state index is -0.807. The number of methoxy groups -OCH3 is 1. The van der Waals surface area contributed by atoms with Crippen LogP contribution >= 0.6 is 24.0 Å². The molecule has 6 nitrogen and oxygen atoms in total. The molecule has 0 aliphatic rings. The van der Waals surface area contributed by atoms with E-state index in [-0.39, 0.29) is 30.5 Å². The average molecular weight is 322 g/mol. The molecule has 0 heterocycles. The molecule has 4 N–H and O–H groups in total. The molecular formula is C12H17Cl2N3O3. The largest absolute Gasteiger partial charge is 0.383 e. The molecule has 20 heavy (non-hydrogen) atoms. The third kappa shape index (κ3) is 4.97. The van der Waals surface area contributed by atoms with Crippen LogP contribution in [0.2, 0.25) is 5.02 Å². The van der Waals surface area contributed by atoms with Gasteiger partial charge in [-0.15, -0.1) is 12.4 Å².